The molecule has 0 aliphatic carbocycles. The maximum absolute atomic E-state index is 12.7. The van der Waals surface area contributed by atoms with Gasteiger partial charge < -0.3 is 19.1 Å². The molecule has 8 heteroatoms. The summed E-state index contributed by atoms with van der Waals surface area (Å²) in [6, 6.07) is 9.46. The van der Waals surface area contributed by atoms with Crippen molar-refractivity contribution in [2.45, 2.75) is 45.0 Å². The monoisotopic (exact) mass is 398 g/mol. The summed E-state index contributed by atoms with van der Waals surface area (Å²) < 4.78 is 16.2. The second kappa shape index (κ2) is 9.16. The SMILES string of the molecule is COC[C@H](C)OC(=O)[C@@H](C#N)c1nc2ccccc2nc1N1C[C@@H](C)O[C@H](C)C1. The molecule has 1 aliphatic rings. The number of fused-ring (bicyclic) bond motifs is 1. The first-order valence-corrected chi connectivity index (χ1v) is 9.69. The second-order valence-corrected chi connectivity index (χ2v) is 7.35. The Morgan fingerprint density at radius 3 is 2.48 bits per heavy atom. The Hall–Kier alpha value is -2.76. The van der Waals surface area contributed by atoms with E-state index in [-0.39, 0.29) is 18.8 Å². The minimum atomic E-state index is -1.19. The van der Waals surface area contributed by atoms with Crippen LogP contribution < -0.4 is 4.90 Å². The summed E-state index contributed by atoms with van der Waals surface area (Å²) in [5.74, 6) is -1.32. The summed E-state index contributed by atoms with van der Waals surface area (Å²) in [6.07, 6.45) is -0.480. The number of rotatable bonds is 6. The van der Waals surface area contributed by atoms with Crippen LogP contribution in [-0.2, 0) is 19.0 Å². The maximum atomic E-state index is 12.7. The number of para-hydroxylation sites is 2. The lowest BCUT2D eigenvalue weighted by Crippen LogP contribution is -2.46. The van der Waals surface area contributed by atoms with Crippen molar-refractivity contribution in [2.75, 3.05) is 31.7 Å². The highest BCUT2D eigenvalue weighted by Gasteiger charge is 2.33. The maximum Gasteiger partial charge on any atom is 0.330 e. The van der Waals surface area contributed by atoms with Gasteiger partial charge in [0.2, 0.25) is 0 Å². The number of esters is 1. The van der Waals surface area contributed by atoms with Crippen LogP contribution in [0.5, 0.6) is 0 Å². The summed E-state index contributed by atoms with van der Waals surface area (Å²) in [5.41, 5.74) is 1.64. The average molecular weight is 398 g/mol. The van der Waals surface area contributed by atoms with Crippen molar-refractivity contribution in [1.29, 1.82) is 5.26 Å². The molecule has 0 spiro atoms. The predicted molar refractivity (Wildman–Crippen MR) is 108 cm³/mol. The highest BCUT2D eigenvalue weighted by atomic mass is 16.6. The molecule has 0 unspecified atom stereocenters. The first-order valence-electron chi connectivity index (χ1n) is 9.69. The second-order valence-electron chi connectivity index (χ2n) is 7.35. The van der Waals surface area contributed by atoms with Gasteiger partial charge >= 0.3 is 5.97 Å². The fourth-order valence-corrected chi connectivity index (χ4v) is 3.54. The topological polar surface area (TPSA) is 97.6 Å². The molecule has 0 saturated carbocycles. The summed E-state index contributed by atoms with van der Waals surface area (Å²) in [4.78, 5) is 24.2. The first kappa shape index (κ1) is 21.0. The van der Waals surface area contributed by atoms with Gasteiger partial charge in [0.05, 0.1) is 35.9 Å². The number of ether oxygens (including phenoxy) is 3. The molecule has 0 radical (unpaired) electrons. The van der Waals surface area contributed by atoms with Crippen LogP contribution in [0.1, 0.15) is 32.4 Å². The molecule has 2 heterocycles. The van der Waals surface area contributed by atoms with Gasteiger partial charge in [-0.1, -0.05) is 12.1 Å². The van der Waals surface area contributed by atoms with Gasteiger partial charge in [-0.2, -0.15) is 5.26 Å². The molecule has 0 N–H and O–H groups in total. The van der Waals surface area contributed by atoms with Crippen molar-refractivity contribution in [3.8, 4) is 6.07 Å². The van der Waals surface area contributed by atoms with Gasteiger partial charge in [-0.15, -0.1) is 0 Å². The van der Waals surface area contributed by atoms with Gasteiger partial charge in [0.15, 0.2) is 11.7 Å². The van der Waals surface area contributed by atoms with Gasteiger partial charge in [-0.05, 0) is 32.9 Å². The molecule has 3 rings (SSSR count). The fraction of sp³-hybridized carbons (Fsp3) is 0.524. The summed E-state index contributed by atoms with van der Waals surface area (Å²) in [7, 11) is 1.53. The molecule has 154 valence electrons. The van der Waals surface area contributed by atoms with E-state index in [0.717, 1.165) is 0 Å². The molecule has 0 bridgehead atoms. The number of carbonyl (C=O) groups excluding carboxylic acids is 1. The lowest BCUT2D eigenvalue weighted by Gasteiger charge is -2.37. The molecule has 29 heavy (non-hydrogen) atoms. The first-order chi connectivity index (χ1) is 13.9. The molecular formula is C21H26N4O4. The number of hydrogen-bond acceptors (Lipinski definition) is 8. The van der Waals surface area contributed by atoms with E-state index >= 15 is 0 Å². The summed E-state index contributed by atoms with van der Waals surface area (Å²) >= 11 is 0. The van der Waals surface area contributed by atoms with Crippen LogP contribution in [-0.4, -0.2) is 61.1 Å². The number of morpholine rings is 1. The molecule has 4 atom stereocenters. The van der Waals surface area contributed by atoms with Gasteiger partial charge in [0.1, 0.15) is 11.8 Å². The highest BCUT2D eigenvalue weighted by molar-refractivity contribution is 5.85. The molecule has 1 saturated heterocycles. The Labute approximate surface area is 170 Å². The van der Waals surface area contributed by atoms with Gasteiger partial charge in [-0.25, -0.2) is 9.97 Å². The van der Waals surface area contributed by atoms with E-state index in [1.807, 2.05) is 43.0 Å². The Bertz CT molecular complexity index is 903. The minimum Gasteiger partial charge on any atom is -0.459 e. The smallest absolute Gasteiger partial charge is 0.330 e. The minimum absolute atomic E-state index is 0.00548. The van der Waals surface area contributed by atoms with E-state index in [2.05, 4.69) is 11.1 Å². The van der Waals surface area contributed by atoms with Crippen LogP contribution in [0.3, 0.4) is 0 Å². The average Bonchev–Trinajstić information content (AvgIpc) is 2.67. The van der Waals surface area contributed by atoms with E-state index in [9.17, 15) is 10.1 Å². The zero-order chi connectivity index (χ0) is 21.0. The quantitative estimate of drug-likeness (QED) is 0.685. The van der Waals surface area contributed by atoms with E-state index in [0.29, 0.717) is 35.6 Å². The fourth-order valence-electron chi connectivity index (χ4n) is 3.54. The molecule has 1 aliphatic heterocycles. The third kappa shape index (κ3) is 4.81. The Kier molecular flexibility index (Phi) is 6.62. The normalized spacial score (nSPS) is 21.4. The molecule has 0 amide bonds. The molecule has 2 aromatic rings. The van der Waals surface area contributed by atoms with Crippen LogP contribution in [0.4, 0.5) is 5.82 Å². The van der Waals surface area contributed by atoms with Crippen molar-refractivity contribution >= 4 is 22.8 Å². The van der Waals surface area contributed by atoms with Crippen molar-refractivity contribution in [2.24, 2.45) is 0 Å². The van der Waals surface area contributed by atoms with Crippen molar-refractivity contribution in [1.82, 2.24) is 9.97 Å². The van der Waals surface area contributed by atoms with E-state index < -0.39 is 18.0 Å². The molecular weight excluding hydrogens is 372 g/mol. The number of benzene rings is 1. The standard InChI is InChI=1S/C21H26N4O4/c1-13-10-25(11-14(2)28-13)20-19(23-17-7-5-6-8-18(17)24-20)16(9-22)21(26)29-15(3)12-27-4/h5-8,13-16H,10-12H2,1-4H3/t13-,14-,15+,16+/m1/s1. The highest BCUT2D eigenvalue weighted by Crippen LogP contribution is 2.30. The van der Waals surface area contributed by atoms with Crippen LogP contribution in [0.15, 0.2) is 24.3 Å². The summed E-state index contributed by atoms with van der Waals surface area (Å²) in [5, 5.41) is 9.80. The van der Waals surface area contributed by atoms with Crippen molar-refractivity contribution < 1.29 is 19.0 Å². The molecule has 1 aromatic heterocycles. The van der Waals surface area contributed by atoms with Crippen LogP contribution in [0.25, 0.3) is 11.0 Å². The summed E-state index contributed by atoms with van der Waals surface area (Å²) in [6.45, 7) is 7.13. The van der Waals surface area contributed by atoms with Crippen LogP contribution in [0, 0.1) is 11.3 Å². The lowest BCUT2D eigenvalue weighted by molar-refractivity contribution is -0.150. The zero-order valence-corrected chi connectivity index (χ0v) is 17.2. The number of nitrogens with zero attached hydrogens (tertiary/aromatic N) is 4. The number of methoxy groups -OCH3 is 1. The van der Waals surface area contributed by atoms with E-state index in [1.165, 1.54) is 7.11 Å². The third-order valence-corrected chi connectivity index (χ3v) is 4.65. The molecule has 8 nitrogen and oxygen atoms in total. The Balaban J connectivity index is 2.04. The predicted octanol–water partition coefficient (Wildman–Crippen LogP) is 2.43. The van der Waals surface area contributed by atoms with Gasteiger partial charge in [-0.3, -0.25) is 4.79 Å². The lowest BCUT2D eigenvalue weighted by atomic mass is 10.1. The molecule has 1 fully saturated rings. The largest absolute Gasteiger partial charge is 0.459 e. The number of anilines is 1. The Morgan fingerprint density at radius 2 is 1.90 bits per heavy atom. The number of carbonyl (C=O) groups is 1. The van der Waals surface area contributed by atoms with E-state index in [1.54, 1.807) is 6.92 Å². The van der Waals surface area contributed by atoms with Gasteiger partial charge in [0, 0.05) is 20.2 Å². The number of hydrogen-bond donors (Lipinski definition) is 0. The van der Waals surface area contributed by atoms with Crippen molar-refractivity contribution in [3.63, 3.8) is 0 Å². The van der Waals surface area contributed by atoms with Gasteiger partial charge in [0.25, 0.3) is 0 Å². The number of nitriles is 1. The Morgan fingerprint density at radius 1 is 1.28 bits per heavy atom. The van der Waals surface area contributed by atoms with Crippen LogP contribution in [0.2, 0.25) is 0 Å². The van der Waals surface area contributed by atoms with E-state index in [4.69, 9.17) is 19.2 Å². The van der Waals surface area contributed by atoms with Crippen LogP contribution >= 0.6 is 0 Å². The zero-order valence-electron chi connectivity index (χ0n) is 17.2. The number of aromatic nitrogens is 2. The molecule has 1 aromatic carbocycles. The van der Waals surface area contributed by atoms with Crippen molar-refractivity contribution in [3.05, 3.63) is 30.0 Å². The third-order valence-electron chi connectivity index (χ3n) is 4.65.